The molecule has 0 bridgehead atoms. The van der Waals surface area contributed by atoms with E-state index in [4.69, 9.17) is 18.5 Å². The first kappa shape index (κ1) is 56.0. The summed E-state index contributed by atoms with van der Waals surface area (Å²) in [5.41, 5.74) is 0. The zero-order valence-corrected chi connectivity index (χ0v) is 39.2. The van der Waals surface area contributed by atoms with Gasteiger partial charge in [0.2, 0.25) is 0 Å². The Hall–Kier alpha value is -1.02. The molecule has 0 saturated heterocycles. The van der Waals surface area contributed by atoms with E-state index in [2.05, 4.69) is 38.2 Å². The lowest BCUT2D eigenvalue weighted by molar-refractivity contribution is -0.870. The number of ether oxygens (including phenoxy) is 2. The van der Waals surface area contributed by atoms with Gasteiger partial charge in [-0.3, -0.25) is 13.8 Å². The number of phosphoric acid groups is 1. The largest absolute Gasteiger partial charge is 0.472 e. The van der Waals surface area contributed by atoms with Gasteiger partial charge in [0.15, 0.2) is 0 Å². The molecule has 9 heteroatoms. The number of nitrogens with zero attached hydrogens (tertiary/aromatic N) is 1. The van der Waals surface area contributed by atoms with Crippen molar-refractivity contribution in [2.45, 2.75) is 225 Å². The van der Waals surface area contributed by atoms with Gasteiger partial charge in [-0.15, -0.1) is 0 Å². The zero-order chi connectivity index (χ0) is 42.0. The highest BCUT2D eigenvalue weighted by atomic mass is 31.2. The average molecular weight is 829 g/mol. The Morgan fingerprint density at radius 3 is 1.39 bits per heavy atom. The molecule has 0 spiro atoms. The van der Waals surface area contributed by atoms with Gasteiger partial charge in [0, 0.05) is 13.0 Å². The molecule has 0 aliphatic rings. The van der Waals surface area contributed by atoms with Gasteiger partial charge >= 0.3 is 13.8 Å². The van der Waals surface area contributed by atoms with E-state index in [0.717, 1.165) is 32.1 Å². The molecule has 0 aromatic heterocycles. The molecule has 2 atom stereocenters. The Bertz CT molecular complexity index is 967. The SMILES string of the molecule is CCCC/C=C\CCCCCCCCOCC(COP(=O)(O)OCC[N+](C)(C)C)OC(=O)CCCCCCCCCCCCC/C=C\CCCCCCCCCC. The predicted molar refractivity (Wildman–Crippen MR) is 243 cm³/mol. The van der Waals surface area contributed by atoms with Crippen LogP contribution in [0, 0.1) is 0 Å². The first-order chi connectivity index (χ1) is 27.6. The second kappa shape index (κ2) is 41.7. The summed E-state index contributed by atoms with van der Waals surface area (Å²) >= 11 is 0. The van der Waals surface area contributed by atoms with Crippen molar-refractivity contribution in [3.63, 3.8) is 0 Å². The highest BCUT2D eigenvalue weighted by molar-refractivity contribution is 7.47. The van der Waals surface area contributed by atoms with E-state index in [-0.39, 0.29) is 25.8 Å². The minimum Gasteiger partial charge on any atom is -0.457 e. The number of likely N-dealkylation sites (N-methyl/N-ethyl adjacent to an activating group) is 1. The van der Waals surface area contributed by atoms with E-state index in [9.17, 15) is 14.3 Å². The van der Waals surface area contributed by atoms with Gasteiger partial charge in [-0.05, 0) is 57.8 Å². The molecule has 0 amide bonds. The van der Waals surface area contributed by atoms with Crippen LogP contribution in [0.3, 0.4) is 0 Å². The molecule has 338 valence electrons. The molecule has 8 nitrogen and oxygen atoms in total. The first-order valence-electron chi connectivity index (χ1n) is 24.1. The van der Waals surface area contributed by atoms with E-state index in [1.807, 2.05) is 21.1 Å². The molecule has 0 rings (SSSR count). The lowest BCUT2D eigenvalue weighted by atomic mass is 10.0. The summed E-state index contributed by atoms with van der Waals surface area (Å²) in [6.07, 6.45) is 47.9. The second-order valence-corrected chi connectivity index (χ2v) is 18.9. The summed E-state index contributed by atoms with van der Waals surface area (Å²) in [7, 11) is 1.67. The van der Waals surface area contributed by atoms with Crippen molar-refractivity contribution < 1.29 is 37.3 Å². The minimum absolute atomic E-state index is 0.0887. The third-order valence-electron chi connectivity index (χ3n) is 10.5. The van der Waals surface area contributed by atoms with Crippen LogP contribution in [0.15, 0.2) is 24.3 Å². The van der Waals surface area contributed by atoms with E-state index < -0.39 is 13.9 Å². The Balaban J connectivity index is 4.09. The van der Waals surface area contributed by atoms with Crippen LogP contribution in [-0.4, -0.2) is 75.6 Å². The number of esters is 1. The number of unbranched alkanes of at least 4 members (excludes halogenated alkanes) is 27. The van der Waals surface area contributed by atoms with Crippen LogP contribution in [0.4, 0.5) is 0 Å². The molecule has 1 N–H and O–H groups in total. The summed E-state index contributed by atoms with van der Waals surface area (Å²) < 4.78 is 35.0. The van der Waals surface area contributed by atoms with Crippen molar-refractivity contribution in [1.29, 1.82) is 0 Å². The topological polar surface area (TPSA) is 91.3 Å². The maximum atomic E-state index is 12.7. The van der Waals surface area contributed by atoms with Crippen LogP contribution >= 0.6 is 7.82 Å². The maximum absolute atomic E-state index is 12.7. The zero-order valence-electron chi connectivity index (χ0n) is 38.3. The summed E-state index contributed by atoms with van der Waals surface area (Å²) in [5, 5.41) is 0. The van der Waals surface area contributed by atoms with Crippen molar-refractivity contribution in [2.24, 2.45) is 0 Å². The van der Waals surface area contributed by atoms with Gasteiger partial charge in [0.05, 0.1) is 34.4 Å². The average Bonchev–Trinajstić information content (AvgIpc) is 3.16. The minimum atomic E-state index is -4.27. The Morgan fingerprint density at radius 1 is 0.526 bits per heavy atom. The fourth-order valence-corrected chi connectivity index (χ4v) is 7.45. The van der Waals surface area contributed by atoms with Crippen LogP contribution < -0.4 is 0 Å². The van der Waals surface area contributed by atoms with E-state index >= 15 is 0 Å². The van der Waals surface area contributed by atoms with Crippen LogP contribution in [0.5, 0.6) is 0 Å². The second-order valence-electron chi connectivity index (χ2n) is 17.5. The predicted octanol–water partition coefficient (Wildman–Crippen LogP) is 14.4. The number of allylic oxidation sites excluding steroid dienone is 4. The van der Waals surface area contributed by atoms with Crippen LogP contribution in [-0.2, 0) is 27.9 Å². The summed E-state index contributed by atoms with van der Waals surface area (Å²) in [6.45, 7) is 5.60. The molecule has 57 heavy (non-hydrogen) atoms. The maximum Gasteiger partial charge on any atom is 0.472 e. The highest BCUT2D eigenvalue weighted by Crippen LogP contribution is 2.43. The fourth-order valence-electron chi connectivity index (χ4n) is 6.71. The lowest BCUT2D eigenvalue weighted by Gasteiger charge is -2.24. The third-order valence-corrected chi connectivity index (χ3v) is 11.5. The van der Waals surface area contributed by atoms with Gasteiger partial charge in [0.25, 0.3) is 0 Å². The summed E-state index contributed by atoms with van der Waals surface area (Å²) in [4.78, 5) is 22.9. The van der Waals surface area contributed by atoms with Crippen molar-refractivity contribution in [3.8, 4) is 0 Å². The normalized spacial score (nSPS) is 13.9. The van der Waals surface area contributed by atoms with Crippen LogP contribution in [0.1, 0.15) is 219 Å². The van der Waals surface area contributed by atoms with Crippen molar-refractivity contribution in [3.05, 3.63) is 24.3 Å². The molecule has 2 unspecified atom stereocenters. The molecular weight excluding hydrogens is 734 g/mol. The van der Waals surface area contributed by atoms with Crippen molar-refractivity contribution in [1.82, 2.24) is 0 Å². The van der Waals surface area contributed by atoms with Crippen LogP contribution in [0.25, 0.3) is 0 Å². The number of rotatable bonds is 45. The molecule has 0 aromatic rings. The standard InChI is InChI=1S/C48H94NO7P/c1-6-8-10-12-14-16-18-20-21-22-23-24-25-26-27-28-29-30-31-33-35-37-39-41-48(50)56-47(46-55-57(51,52)54-44-42-49(3,4)5)45-53-43-40-38-36-34-32-19-17-15-13-11-9-7-2/h13,15,22-23,47H,6-12,14,16-21,24-46H2,1-5H3/p+1/b15-13-,23-22-. The summed E-state index contributed by atoms with van der Waals surface area (Å²) in [6, 6.07) is 0. The Morgan fingerprint density at radius 2 is 0.930 bits per heavy atom. The van der Waals surface area contributed by atoms with E-state index in [1.54, 1.807) is 0 Å². The monoisotopic (exact) mass is 829 g/mol. The third kappa shape index (κ3) is 45.9. The molecule has 0 aliphatic carbocycles. The number of phosphoric ester groups is 1. The molecular formula is C48H95NO7P+. The molecule has 0 aromatic carbocycles. The molecule has 0 fully saturated rings. The molecule has 0 aliphatic heterocycles. The van der Waals surface area contributed by atoms with E-state index in [0.29, 0.717) is 24.1 Å². The van der Waals surface area contributed by atoms with Gasteiger partial charge in [-0.2, -0.15) is 0 Å². The van der Waals surface area contributed by atoms with Crippen molar-refractivity contribution in [2.75, 3.05) is 54.1 Å². The van der Waals surface area contributed by atoms with Crippen LogP contribution in [0.2, 0.25) is 0 Å². The Kier molecular flexibility index (Phi) is 41.0. The fraction of sp³-hybridized carbons (Fsp3) is 0.896. The number of hydrogen-bond donors (Lipinski definition) is 1. The lowest BCUT2D eigenvalue weighted by Crippen LogP contribution is -2.37. The van der Waals surface area contributed by atoms with Crippen molar-refractivity contribution >= 4 is 13.8 Å². The molecule has 0 heterocycles. The highest BCUT2D eigenvalue weighted by Gasteiger charge is 2.26. The number of quaternary nitrogens is 1. The number of carbonyl (C=O) groups is 1. The molecule has 0 radical (unpaired) electrons. The Labute approximate surface area is 353 Å². The first-order valence-corrected chi connectivity index (χ1v) is 25.6. The number of carbonyl (C=O) groups excluding carboxylic acids is 1. The smallest absolute Gasteiger partial charge is 0.457 e. The quantitative estimate of drug-likeness (QED) is 0.0215. The van der Waals surface area contributed by atoms with E-state index in [1.165, 1.54) is 167 Å². The summed E-state index contributed by atoms with van der Waals surface area (Å²) in [5.74, 6) is -0.315. The van der Waals surface area contributed by atoms with Gasteiger partial charge < -0.3 is 18.9 Å². The number of hydrogen-bond acceptors (Lipinski definition) is 6. The molecule has 0 saturated carbocycles. The van der Waals surface area contributed by atoms with Gasteiger partial charge in [-0.25, -0.2) is 4.57 Å². The van der Waals surface area contributed by atoms with Gasteiger partial charge in [-0.1, -0.05) is 179 Å². The van der Waals surface area contributed by atoms with Gasteiger partial charge in [0.1, 0.15) is 19.3 Å².